The van der Waals surface area contributed by atoms with Crippen molar-refractivity contribution in [1.29, 1.82) is 0 Å². The number of halogens is 1. The highest BCUT2D eigenvalue weighted by Crippen LogP contribution is 2.36. The van der Waals surface area contributed by atoms with E-state index in [4.69, 9.17) is 21.7 Å². The van der Waals surface area contributed by atoms with Crippen molar-refractivity contribution in [2.75, 3.05) is 13.7 Å². The lowest BCUT2D eigenvalue weighted by molar-refractivity contribution is -0.147. The number of esters is 1. The number of rotatable bonds is 5. The van der Waals surface area contributed by atoms with Gasteiger partial charge in [0.1, 0.15) is 18.3 Å². The van der Waals surface area contributed by atoms with Gasteiger partial charge >= 0.3 is 5.97 Å². The van der Waals surface area contributed by atoms with Crippen LogP contribution in [0.15, 0.2) is 47.6 Å². The highest BCUT2D eigenvalue weighted by molar-refractivity contribution is 9.10. The summed E-state index contributed by atoms with van der Waals surface area (Å²) in [7, 11) is 1.58. The van der Waals surface area contributed by atoms with E-state index in [0.29, 0.717) is 16.6 Å². The molecule has 1 aromatic carbocycles. The number of thiocarbonyl (C=S) groups is 1. The third kappa shape index (κ3) is 3.92. The molecule has 7 heteroatoms. The molecule has 0 unspecified atom stereocenters. The van der Waals surface area contributed by atoms with E-state index >= 15 is 0 Å². The monoisotopic (exact) mass is 396 g/mol. The van der Waals surface area contributed by atoms with Crippen LogP contribution in [0, 0.1) is 5.92 Å². The molecule has 0 aliphatic carbocycles. The summed E-state index contributed by atoms with van der Waals surface area (Å²) in [6.07, 6.45) is 1.52. The van der Waals surface area contributed by atoms with Crippen molar-refractivity contribution in [2.45, 2.75) is 6.04 Å². The van der Waals surface area contributed by atoms with Crippen LogP contribution in [-0.2, 0) is 9.53 Å². The molecule has 0 saturated carbocycles. The number of methoxy groups -OCH3 is 1. The van der Waals surface area contributed by atoms with Gasteiger partial charge in [-0.1, -0.05) is 35.2 Å². The lowest BCUT2D eigenvalue weighted by atomic mass is 9.88. The summed E-state index contributed by atoms with van der Waals surface area (Å²) in [6, 6.07) is 5.12. The van der Waals surface area contributed by atoms with E-state index < -0.39 is 17.9 Å². The lowest BCUT2D eigenvalue weighted by Gasteiger charge is -2.35. The fourth-order valence-electron chi connectivity index (χ4n) is 2.40. The number of hydrogen-bond donors (Lipinski definition) is 2. The van der Waals surface area contributed by atoms with Crippen molar-refractivity contribution in [3.63, 3.8) is 0 Å². The van der Waals surface area contributed by atoms with Gasteiger partial charge in [-0.05, 0) is 30.4 Å². The second-order valence-electron chi connectivity index (χ2n) is 4.88. The van der Waals surface area contributed by atoms with E-state index in [1.165, 1.54) is 6.08 Å². The van der Waals surface area contributed by atoms with Crippen molar-refractivity contribution in [1.82, 2.24) is 10.6 Å². The van der Waals surface area contributed by atoms with Crippen LogP contribution in [0.1, 0.15) is 11.6 Å². The van der Waals surface area contributed by atoms with Crippen molar-refractivity contribution in [3.8, 4) is 5.75 Å². The maximum Gasteiger partial charge on any atom is 0.317 e. The Morgan fingerprint density at radius 2 is 2.26 bits per heavy atom. The number of carbonyl (C=O) groups excluding carboxylic acids is 1. The predicted octanol–water partition coefficient (Wildman–Crippen LogP) is 2.84. The van der Waals surface area contributed by atoms with Crippen LogP contribution in [0.3, 0.4) is 0 Å². The molecule has 0 amide bonds. The zero-order valence-electron chi connectivity index (χ0n) is 12.6. The van der Waals surface area contributed by atoms with E-state index in [0.717, 1.165) is 10.0 Å². The molecule has 1 aromatic rings. The van der Waals surface area contributed by atoms with Gasteiger partial charge in [-0.3, -0.25) is 4.79 Å². The molecule has 0 aromatic heterocycles. The molecule has 1 aliphatic rings. The molecule has 2 N–H and O–H groups in total. The molecule has 0 spiro atoms. The van der Waals surface area contributed by atoms with Gasteiger partial charge in [-0.15, -0.1) is 0 Å². The highest BCUT2D eigenvalue weighted by Gasteiger charge is 2.39. The van der Waals surface area contributed by atoms with Crippen molar-refractivity contribution in [2.24, 2.45) is 5.92 Å². The largest absolute Gasteiger partial charge is 0.496 e. The third-order valence-corrected chi connectivity index (χ3v) is 4.11. The Bertz CT molecular complexity index is 663. The van der Waals surface area contributed by atoms with Crippen LogP contribution in [0.25, 0.3) is 0 Å². The molecule has 1 aliphatic heterocycles. The van der Waals surface area contributed by atoms with Gasteiger partial charge in [0, 0.05) is 15.7 Å². The minimum absolute atomic E-state index is 0.134. The Kier molecular flexibility index (Phi) is 5.79. The van der Waals surface area contributed by atoms with Gasteiger partial charge in [0.2, 0.25) is 0 Å². The summed E-state index contributed by atoms with van der Waals surface area (Å²) in [6.45, 7) is 7.59. The summed E-state index contributed by atoms with van der Waals surface area (Å²) in [5, 5.41) is 6.39. The van der Waals surface area contributed by atoms with Gasteiger partial charge in [0.05, 0.1) is 13.2 Å². The van der Waals surface area contributed by atoms with Crippen LogP contribution in [0.5, 0.6) is 5.75 Å². The van der Waals surface area contributed by atoms with Crippen molar-refractivity contribution < 1.29 is 14.3 Å². The first-order chi connectivity index (χ1) is 11.0. The normalized spacial score (nSPS) is 20.3. The number of carbonyl (C=O) groups is 1. The second kappa shape index (κ2) is 7.61. The fraction of sp³-hybridized carbons (Fsp3) is 0.250. The molecule has 1 heterocycles. The molecule has 0 radical (unpaired) electrons. The average Bonchev–Trinajstić information content (AvgIpc) is 2.51. The summed E-state index contributed by atoms with van der Waals surface area (Å²) >= 11 is 8.63. The smallest absolute Gasteiger partial charge is 0.317 e. The molecule has 2 atom stereocenters. The lowest BCUT2D eigenvalue weighted by Crippen LogP contribution is -2.51. The molecule has 5 nitrogen and oxygen atoms in total. The van der Waals surface area contributed by atoms with E-state index in [1.54, 1.807) is 7.11 Å². The molecule has 1 saturated heterocycles. The first-order valence-corrected chi connectivity index (χ1v) is 8.05. The molecule has 2 rings (SSSR count). The van der Waals surface area contributed by atoms with Crippen LogP contribution in [0.2, 0.25) is 0 Å². The summed E-state index contributed by atoms with van der Waals surface area (Å²) in [5.41, 5.74) is 1.27. The van der Waals surface area contributed by atoms with Crippen LogP contribution >= 0.6 is 28.1 Å². The molecule has 122 valence electrons. The van der Waals surface area contributed by atoms with Gasteiger partial charge < -0.3 is 20.1 Å². The Morgan fingerprint density at radius 1 is 1.52 bits per heavy atom. The standard InChI is InChI=1S/C16H17BrN2O3S/c1-4-7-22-15(20)13-9(2)18-16(23)19-14(13)11-8-10(17)5-6-12(11)21-3/h4-6,8,13-14H,1-2,7H2,3H3,(H2,18,19,23)/t13-,14+/m1/s1. The van der Waals surface area contributed by atoms with Crippen molar-refractivity contribution in [3.05, 3.63) is 53.2 Å². The highest BCUT2D eigenvalue weighted by atomic mass is 79.9. The van der Waals surface area contributed by atoms with E-state index in [-0.39, 0.29) is 6.61 Å². The number of benzene rings is 1. The quantitative estimate of drug-likeness (QED) is 0.453. The number of ether oxygens (including phenoxy) is 2. The number of nitrogens with one attached hydrogen (secondary N) is 2. The predicted molar refractivity (Wildman–Crippen MR) is 96.1 cm³/mol. The molecular formula is C16H17BrN2O3S. The minimum atomic E-state index is -0.648. The third-order valence-electron chi connectivity index (χ3n) is 3.39. The van der Waals surface area contributed by atoms with Gasteiger partial charge in [0.25, 0.3) is 0 Å². The summed E-state index contributed by atoms with van der Waals surface area (Å²) < 4.78 is 11.5. The zero-order valence-corrected chi connectivity index (χ0v) is 15.0. The van der Waals surface area contributed by atoms with E-state index in [2.05, 4.69) is 39.7 Å². The first kappa shape index (κ1) is 17.5. The van der Waals surface area contributed by atoms with Crippen LogP contribution in [0.4, 0.5) is 0 Å². The fourth-order valence-corrected chi connectivity index (χ4v) is 3.04. The Balaban J connectivity index is 2.44. The summed E-state index contributed by atoms with van der Waals surface area (Å²) in [5.74, 6) is -0.418. The van der Waals surface area contributed by atoms with E-state index in [9.17, 15) is 4.79 Å². The molecule has 1 fully saturated rings. The Hall–Kier alpha value is -1.86. The van der Waals surface area contributed by atoms with Crippen LogP contribution in [-0.4, -0.2) is 24.8 Å². The van der Waals surface area contributed by atoms with Gasteiger partial charge in [-0.25, -0.2) is 0 Å². The molecule has 0 bridgehead atoms. The number of hydrogen-bond acceptors (Lipinski definition) is 4. The average molecular weight is 397 g/mol. The molecule has 23 heavy (non-hydrogen) atoms. The Morgan fingerprint density at radius 3 is 2.91 bits per heavy atom. The van der Waals surface area contributed by atoms with Gasteiger partial charge in [0.15, 0.2) is 5.11 Å². The Labute approximate surface area is 148 Å². The maximum atomic E-state index is 12.4. The summed E-state index contributed by atoms with van der Waals surface area (Å²) in [4.78, 5) is 12.4. The SMILES string of the molecule is C=CCOC(=O)[C@@H]1C(=C)NC(=S)N[C@H]1c1cc(Br)ccc1OC. The van der Waals surface area contributed by atoms with Crippen LogP contribution < -0.4 is 15.4 Å². The van der Waals surface area contributed by atoms with Gasteiger partial charge in [-0.2, -0.15) is 0 Å². The van der Waals surface area contributed by atoms with E-state index in [1.807, 2.05) is 18.2 Å². The topological polar surface area (TPSA) is 59.6 Å². The first-order valence-electron chi connectivity index (χ1n) is 6.85. The second-order valence-corrected chi connectivity index (χ2v) is 6.21. The van der Waals surface area contributed by atoms with Crippen molar-refractivity contribution >= 4 is 39.2 Å². The zero-order chi connectivity index (χ0) is 17.0. The maximum absolute atomic E-state index is 12.4. The minimum Gasteiger partial charge on any atom is -0.496 e. The molecular weight excluding hydrogens is 380 g/mol.